The average Bonchev–Trinajstić information content (AvgIpc) is 2.73. The van der Waals surface area contributed by atoms with Gasteiger partial charge in [0.1, 0.15) is 5.82 Å². The predicted octanol–water partition coefficient (Wildman–Crippen LogP) is 3.51. The van der Waals surface area contributed by atoms with Crippen LogP contribution in [0.3, 0.4) is 0 Å². The number of benzene rings is 2. The number of carbonyl (C=O) groups is 1. The maximum absolute atomic E-state index is 13.3. The Bertz CT molecular complexity index is 1020. The van der Waals surface area contributed by atoms with E-state index >= 15 is 0 Å². The van der Waals surface area contributed by atoms with Gasteiger partial charge in [0.2, 0.25) is 15.9 Å². The summed E-state index contributed by atoms with van der Waals surface area (Å²) in [6, 6.07) is 10.9. The molecule has 0 aromatic heterocycles. The quantitative estimate of drug-likeness (QED) is 0.769. The van der Waals surface area contributed by atoms with Crippen LogP contribution in [0.2, 0.25) is 0 Å². The van der Waals surface area contributed by atoms with Crippen molar-refractivity contribution in [1.29, 1.82) is 0 Å². The third-order valence-corrected chi connectivity index (χ3v) is 7.81. The van der Waals surface area contributed by atoms with Crippen LogP contribution in [0.1, 0.15) is 30.4 Å². The number of fused-ring (bicyclic) bond motifs is 1. The molecule has 2 aliphatic heterocycles. The second-order valence-electron chi connectivity index (χ2n) is 7.82. The second kappa shape index (κ2) is 7.88. The minimum absolute atomic E-state index is 0.00411. The molecule has 2 aromatic carbocycles. The molecule has 0 bridgehead atoms. The summed E-state index contributed by atoms with van der Waals surface area (Å²) in [7, 11) is -3.75. The monoisotopic (exact) mass is 416 g/mol. The fraction of sp³-hybridized carbons (Fsp3) is 0.409. The van der Waals surface area contributed by atoms with Crippen LogP contribution in [0, 0.1) is 18.7 Å². The van der Waals surface area contributed by atoms with E-state index in [1.54, 1.807) is 0 Å². The second-order valence-corrected chi connectivity index (χ2v) is 9.76. The highest BCUT2D eigenvalue weighted by molar-refractivity contribution is 7.89. The van der Waals surface area contributed by atoms with Gasteiger partial charge in [-0.15, -0.1) is 0 Å². The number of rotatable bonds is 3. The smallest absolute Gasteiger partial charge is 0.243 e. The molecule has 0 N–H and O–H groups in total. The van der Waals surface area contributed by atoms with Crippen molar-refractivity contribution in [2.45, 2.75) is 37.5 Å². The third-order valence-electron chi connectivity index (χ3n) is 5.94. The Kier molecular flexibility index (Phi) is 5.44. The van der Waals surface area contributed by atoms with Crippen molar-refractivity contribution in [3.8, 4) is 0 Å². The van der Waals surface area contributed by atoms with Crippen molar-refractivity contribution < 1.29 is 17.6 Å². The van der Waals surface area contributed by atoms with E-state index in [2.05, 4.69) is 13.0 Å². The summed E-state index contributed by atoms with van der Waals surface area (Å²) in [5, 5.41) is 0. The molecular formula is C22H25FN2O3S. The first kappa shape index (κ1) is 20.0. The van der Waals surface area contributed by atoms with Gasteiger partial charge in [-0.1, -0.05) is 12.1 Å². The van der Waals surface area contributed by atoms with Gasteiger partial charge in [0.15, 0.2) is 0 Å². The summed E-state index contributed by atoms with van der Waals surface area (Å²) < 4.78 is 40.5. The first-order chi connectivity index (χ1) is 13.9. The summed E-state index contributed by atoms with van der Waals surface area (Å²) in [6.45, 7) is 3.26. The minimum Gasteiger partial charge on any atom is -0.312 e. The van der Waals surface area contributed by atoms with Gasteiger partial charge in [0.25, 0.3) is 0 Å². The van der Waals surface area contributed by atoms with Crippen molar-refractivity contribution in [2.24, 2.45) is 5.92 Å². The molecule has 1 fully saturated rings. The number of sulfonamides is 1. The van der Waals surface area contributed by atoms with Gasteiger partial charge in [-0.25, -0.2) is 12.8 Å². The van der Waals surface area contributed by atoms with Gasteiger partial charge in [0, 0.05) is 25.3 Å². The van der Waals surface area contributed by atoms with Crippen LogP contribution < -0.4 is 4.90 Å². The lowest BCUT2D eigenvalue weighted by Crippen LogP contribution is -2.48. The fourth-order valence-electron chi connectivity index (χ4n) is 4.37. The number of hydrogen-bond donors (Lipinski definition) is 0. The van der Waals surface area contributed by atoms with Crippen molar-refractivity contribution in [3.05, 3.63) is 59.4 Å². The van der Waals surface area contributed by atoms with Gasteiger partial charge in [-0.05, 0) is 74.1 Å². The van der Waals surface area contributed by atoms with Crippen LogP contribution in [-0.4, -0.2) is 38.3 Å². The number of amides is 1. The van der Waals surface area contributed by atoms with E-state index in [0.717, 1.165) is 30.7 Å². The molecule has 4 rings (SSSR count). The highest BCUT2D eigenvalue weighted by atomic mass is 32.2. The Morgan fingerprint density at radius 1 is 1.07 bits per heavy atom. The minimum atomic E-state index is -3.75. The molecule has 2 aromatic rings. The van der Waals surface area contributed by atoms with Crippen LogP contribution in [0.4, 0.5) is 10.1 Å². The van der Waals surface area contributed by atoms with Gasteiger partial charge in [-0.2, -0.15) is 4.31 Å². The van der Waals surface area contributed by atoms with E-state index in [1.165, 1.54) is 27.6 Å². The summed E-state index contributed by atoms with van der Waals surface area (Å²) in [5.74, 6) is -0.851. The number of nitrogens with zero attached hydrogens (tertiary/aromatic N) is 2. The average molecular weight is 417 g/mol. The molecule has 1 unspecified atom stereocenters. The molecule has 29 heavy (non-hydrogen) atoms. The number of aryl methyl sites for hydroxylation is 1. The van der Waals surface area contributed by atoms with Crippen molar-refractivity contribution >= 4 is 21.6 Å². The zero-order valence-electron chi connectivity index (χ0n) is 16.5. The Morgan fingerprint density at radius 3 is 2.59 bits per heavy atom. The maximum Gasteiger partial charge on any atom is 0.243 e. The predicted molar refractivity (Wildman–Crippen MR) is 110 cm³/mol. The van der Waals surface area contributed by atoms with E-state index in [4.69, 9.17) is 0 Å². The van der Waals surface area contributed by atoms with Gasteiger partial charge >= 0.3 is 0 Å². The number of halogens is 1. The maximum atomic E-state index is 13.3. The zero-order valence-corrected chi connectivity index (χ0v) is 17.3. The molecule has 0 aliphatic carbocycles. The van der Waals surface area contributed by atoms with Crippen LogP contribution >= 0.6 is 0 Å². The van der Waals surface area contributed by atoms with Crippen LogP contribution in [0.15, 0.2) is 47.4 Å². The fourth-order valence-corrected chi connectivity index (χ4v) is 5.89. The number of hydrogen-bond acceptors (Lipinski definition) is 3. The lowest BCUT2D eigenvalue weighted by molar-refractivity contribution is -0.123. The lowest BCUT2D eigenvalue weighted by Gasteiger charge is -2.37. The number of anilines is 1. The Balaban J connectivity index is 1.56. The molecule has 1 atom stereocenters. The molecule has 154 valence electrons. The molecule has 2 heterocycles. The Hall–Kier alpha value is -2.25. The molecule has 7 heteroatoms. The Morgan fingerprint density at radius 2 is 1.83 bits per heavy atom. The first-order valence-electron chi connectivity index (χ1n) is 10.0. The molecule has 5 nitrogen and oxygen atoms in total. The number of piperidine rings is 1. The molecular weight excluding hydrogens is 391 g/mol. The van der Waals surface area contributed by atoms with Crippen LogP contribution in [0.25, 0.3) is 0 Å². The van der Waals surface area contributed by atoms with Crippen molar-refractivity contribution in [1.82, 2.24) is 4.31 Å². The van der Waals surface area contributed by atoms with E-state index in [1.807, 2.05) is 17.0 Å². The van der Waals surface area contributed by atoms with Gasteiger partial charge < -0.3 is 4.90 Å². The van der Waals surface area contributed by atoms with Crippen molar-refractivity contribution in [2.75, 3.05) is 24.5 Å². The van der Waals surface area contributed by atoms with E-state index in [-0.39, 0.29) is 23.3 Å². The van der Waals surface area contributed by atoms with E-state index in [9.17, 15) is 17.6 Å². The SMILES string of the molecule is Cc1cccc2c1CCCN2C(=O)C1CCCN(S(=O)(=O)c2ccc(F)cc2)C1. The third kappa shape index (κ3) is 3.81. The molecule has 0 spiro atoms. The van der Waals surface area contributed by atoms with E-state index in [0.29, 0.717) is 25.9 Å². The van der Waals surface area contributed by atoms with E-state index < -0.39 is 15.8 Å². The topological polar surface area (TPSA) is 57.7 Å². The largest absolute Gasteiger partial charge is 0.312 e. The molecule has 2 aliphatic rings. The highest BCUT2D eigenvalue weighted by Crippen LogP contribution is 2.32. The molecule has 0 radical (unpaired) electrons. The highest BCUT2D eigenvalue weighted by Gasteiger charge is 2.36. The van der Waals surface area contributed by atoms with Crippen molar-refractivity contribution in [3.63, 3.8) is 0 Å². The lowest BCUT2D eigenvalue weighted by atomic mass is 9.93. The summed E-state index contributed by atoms with van der Waals surface area (Å²) in [6.07, 6.45) is 3.17. The normalized spacial score (nSPS) is 20.3. The standard InChI is InChI=1S/C22H25FN2O3S/c1-16-5-2-8-21-20(16)7-4-14-25(21)22(26)17-6-3-13-24(15-17)29(27,28)19-11-9-18(23)10-12-19/h2,5,8-12,17H,3-4,6-7,13-15H2,1H3. The number of carbonyl (C=O) groups excluding carboxylic acids is 1. The first-order valence-corrected chi connectivity index (χ1v) is 11.5. The molecule has 1 amide bonds. The molecule has 0 saturated carbocycles. The van der Waals surface area contributed by atoms with Gasteiger partial charge in [-0.3, -0.25) is 4.79 Å². The van der Waals surface area contributed by atoms with Crippen LogP contribution in [-0.2, 0) is 21.2 Å². The molecule has 1 saturated heterocycles. The van der Waals surface area contributed by atoms with Gasteiger partial charge in [0.05, 0.1) is 10.8 Å². The Labute approximate surface area is 171 Å². The zero-order chi connectivity index (χ0) is 20.6. The summed E-state index contributed by atoms with van der Waals surface area (Å²) in [5.41, 5.74) is 3.35. The van der Waals surface area contributed by atoms with Crippen LogP contribution in [0.5, 0.6) is 0 Å². The summed E-state index contributed by atoms with van der Waals surface area (Å²) >= 11 is 0. The summed E-state index contributed by atoms with van der Waals surface area (Å²) in [4.78, 5) is 15.2.